The molecule has 1 fully saturated rings. The Morgan fingerprint density at radius 1 is 1.38 bits per heavy atom. The van der Waals surface area contributed by atoms with E-state index < -0.39 is 5.60 Å². The molecule has 1 saturated carbocycles. The summed E-state index contributed by atoms with van der Waals surface area (Å²) >= 11 is 0. The number of rotatable bonds is 5. The van der Waals surface area contributed by atoms with Crippen LogP contribution in [0, 0.1) is 0 Å². The minimum Gasteiger partial charge on any atom is -0.390 e. The molecule has 29 heavy (non-hydrogen) atoms. The normalized spacial score (nSPS) is 20.9. The molecule has 1 aliphatic rings. The molecule has 0 spiro atoms. The van der Waals surface area contributed by atoms with Crippen LogP contribution in [0.15, 0.2) is 35.4 Å². The van der Waals surface area contributed by atoms with Crippen LogP contribution in [-0.2, 0) is 7.05 Å². The van der Waals surface area contributed by atoms with Gasteiger partial charge in [-0.15, -0.1) is 0 Å². The summed E-state index contributed by atoms with van der Waals surface area (Å²) in [4.78, 5) is 29.5. The van der Waals surface area contributed by atoms with Gasteiger partial charge < -0.3 is 25.6 Å². The van der Waals surface area contributed by atoms with Crippen molar-refractivity contribution < 1.29 is 9.90 Å². The Morgan fingerprint density at radius 3 is 2.83 bits per heavy atom. The molecule has 0 aromatic carbocycles. The van der Waals surface area contributed by atoms with Crippen LogP contribution in [-0.4, -0.2) is 48.9 Å². The smallest absolute Gasteiger partial charge is 0.274 e. The minimum atomic E-state index is -0.727. The van der Waals surface area contributed by atoms with Crippen LogP contribution < -0.4 is 21.5 Å². The van der Waals surface area contributed by atoms with Crippen molar-refractivity contribution in [3.05, 3.63) is 46.5 Å². The predicted molar refractivity (Wildman–Crippen MR) is 109 cm³/mol. The first-order valence-electron chi connectivity index (χ1n) is 9.30. The van der Waals surface area contributed by atoms with Gasteiger partial charge in [-0.1, -0.05) is 0 Å². The van der Waals surface area contributed by atoms with Crippen molar-refractivity contribution in [2.75, 3.05) is 17.7 Å². The number of hydrogen-bond donors (Lipinski definition) is 4. The summed E-state index contributed by atoms with van der Waals surface area (Å²) in [6.45, 7) is 1.75. The lowest BCUT2D eigenvalue weighted by molar-refractivity contribution is -0.0366. The standard InChI is InChI=1S/C19H23N7O3/c1-19(29)8-11(9-19)22-17(27)12-10-21-26-15(20-2)7-14(24-16(12)26)23-13-5-4-6-25(3)18(13)28/h4-7,10-11,20,29H,8-9H2,1-3H3,(H,22,27)(H,23,24). The van der Waals surface area contributed by atoms with Gasteiger partial charge in [-0.3, -0.25) is 9.59 Å². The molecule has 3 aromatic rings. The van der Waals surface area contributed by atoms with Gasteiger partial charge in [0.25, 0.3) is 11.5 Å². The van der Waals surface area contributed by atoms with Crippen molar-refractivity contribution in [1.29, 1.82) is 0 Å². The SMILES string of the molecule is CNc1cc(Nc2cccn(C)c2=O)nc2c(C(=O)NC3CC(C)(O)C3)cnn12. The maximum atomic E-state index is 12.7. The summed E-state index contributed by atoms with van der Waals surface area (Å²) in [5.41, 5.74) is 0.128. The summed E-state index contributed by atoms with van der Waals surface area (Å²) in [7, 11) is 3.40. The number of aliphatic hydroxyl groups is 1. The molecule has 0 bridgehead atoms. The summed E-state index contributed by atoms with van der Waals surface area (Å²) in [6.07, 6.45) is 4.15. The van der Waals surface area contributed by atoms with Crippen LogP contribution in [0.25, 0.3) is 5.65 Å². The van der Waals surface area contributed by atoms with Crippen LogP contribution in [0.2, 0.25) is 0 Å². The maximum absolute atomic E-state index is 12.7. The second kappa shape index (κ2) is 6.89. The van der Waals surface area contributed by atoms with Crippen LogP contribution in [0.5, 0.6) is 0 Å². The number of hydrogen-bond acceptors (Lipinski definition) is 7. The zero-order chi connectivity index (χ0) is 20.8. The van der Waals surface area contributed by atoms with Gasteiger partial charge in [-0.2, -0.15) is 9.61 Å². The van der Waals surface area contributed by atoms with E-state index in [2.05, 4.69) is 26.0 Å². The Balaban J connectivity index is 1.67. The lowest BCUT2D eigenvalue weighted by Gasteiger charge is -2.41. The number of aryl methyl sites for hydroxylation is 1. The second-order valence-electron chi connectivity index (χ2n) is 7.61. The highest BCUT2D eigenvalue weighted by Crippen LogP contribution is 2.31. The zero-order valence-electron chi connectivity index (χ0n) is 16.4. The number of pyridine rings is 1. The predicted octanol–water partition coefficient (Wildman–Crippen LogP) is 0.856. The fraction of sp³-hybridized carbons (Fsp3) is 0.368. The summed E-state index contributed by atoms with van der Waals surface area (Å²) in [6, 6.07) is 5.05. The largest absolute Gasteiger partial charge is 0.390 e. The number of fused-ring (bicyclic) bond motifs is 1. The van der Waals surface area contributed by atoms with Gasteiger partial charge in [0.05, 0.1) is 11.8 Å². The van der Waals surface area contributed by atoms with E-state index >= 15 is 0 Å². The van der Waals surface area contributed by atoms with Gasteiger partial charge in [-0.25, -0.2) is 4.98 Å². The summed E-state index contributed by atoms with van der Waals surface area (Å²) < 4.78 is 2.99. The maximum Gasteiger partial charge on any atom is 0.274 e. The van der Waals surface area contributed by atoms with E-state index in [0.717, 1.165) is 0 Å². The molecule has 0 radical (unpaired) electrons. The van der Waals surface area contributed by atoms with Crippen molar-refractivity contribution in [2.24, 2.45) is 7.05 Å². The number of nitrogens with zero attached hydrogens (tertiary/aromatic N) is 4. The first-order valence-corrected chi connectivity index (χ1v) is 9.30. The highest BCUT2D eigenvalue weighted by Gasteiger charge is 2.39. The van der Waals surface area contributed by atoms with Gasteiger partial charge in [0.1, 0.15) is 22.9 Å². The highest BCUT2D eigenvalue weighted by molar-refractivity contribution is 6.00. The first-order chi connectivity index (χ1) is 13.8. The Bertz CT molecular complexity index is 1140. The van der Waals surface area contributed by atoms with Crippen LogP contribution in [0.3, 0.4) is 0 Å². The van der Waals surface area contributed by atoms with E-state index in [1.165, 1.54) is 15.3 Å². The summed E-state index contributed by atoms with van der Waals surface area (Å²) in [5.74, 6) is 0.713. The lowest BCUT2D eigenvalue weighted by Crippen LogP contribution is -2.53. The third-order valence-electron chi connectivity index (χ3n) is 5.07. The molecule has 3 heterocycles. The van der Waals surface area contributed by atoms with Crippen molar-refractivity contribution in [3.8, 4) is 0 Å². The van der Waals surface area contributed by atoms with E-state index in [4.69, 9.17) is 0 Å². The van der Waals surface area contributed by atoms with Crippen molar-refractivity contribution >= 4 is 28.9 Å². The average molecular weight is 397 g/mol. The van der Waals surface area contributed by atoms with E-state index in [1.807, 2.05) is 0 Å². The fourth-order valence-corrected chi connectivity index (χ4v) is 3.56. The van der Waals surface area contributed by atoms with Gasteiger partial charge in [0, 0.05) is 32.4 Å². The van der Waals surface area contributed by atoms with Crippen LogP contribution in [0.1, 0.15) is 30.1 Å². The Labute approximate surface area is 166 Å². The fourth-order valence-electron chi connectivity index (χ4n) is 3.56. The van der Waals surface area contributed by atoms with Gasteiger partial charge >= 0.3 is 0 Å². The topological polar surface area (TPSA) is 126 Å². The Morgan fingerprint density at radius 2 is 2.14 bits per heavy atom. The molecule has 10 heteroatoms. The van der Waals surface area contributed by atoms with Crippen LogP contribution >= 0.6 is 0 Å². The van der Waals surface area contributed by atoms with Crippen molar-refractivity contribution in [2.45, 2.75) is 31.4 Å². The number of anilines is 3. The molecule has 0 unspecified atom stereocenters. The first kappa shape index (κ1) is 18.9. The molecule has 0 atom stereocenters. The quantitative estimate of drug-likeness (QED) is 0.503. The monoisotopic (exact) mass is 397 g/mol. The third kappa shape index (κ3) is 3.54. The van der Waals surface area contributed by atoms with E-state index in [-0.39, 0.29) is 17.5 Å². The molecule has 1 amide bonds. The Hall–Kier alpha value is -3.40. The molecule has 4 N–H and O–H groups in total. The highest BCUT2D eigenvalue weighted by atomic mass is 16.3. The minimum absolute atomic E-state index is 0.0788. The van der Waals surface area contributed by atoms with Gasteiger partial charge in [0.15, 0.2) is 5.65 Å². The van der Waals surface area contributed by atoms with Gasteiger partial charge in [0.2, 0.25) is 0 Å². The molecule has 1 aliphatic carbocycles. The molecule has 3 aromatic heterocycles. The number of nitrogens with one attached hydrogen (secondary N) is 3. The molecular weight excluding hydrogens is 374 g/mol. The molecular formula is C19H23N7O3. The number of carbonyl (C=O) groups excluding carboxylic acids is 1. The molecule has 4 rings (SSSR count). The molecule has 10 nitrogen and oxygen atoms in total. The van der Waals surface area contributed by atoms with E-state index in [1.54, 1.807) is 45.4 Å². The number of aromatic nitrogens is 4. The Kier molecular flexibility index (Phi) is 4.50. The van der Waals surface area contributed by atoms with Crippen LogP contribution in [0.4, 0.5) is 17.3 Å². The zero-order valence-corrected chi connectivity index (χ0v) is 16.4. The number of carbonyl (C=O) groups is 1. The average Bonchev–Trinajstić information content (AvgIpc) is 3.07. The van der Waals surface area contributed by atoms with Crippen molar-refractivity contribution in [3.63, 3.8) is 0 Å². The lowest BCUT2D eigenvalue weighted by atomic mass is 9.77. The molecule has 152 valence electrons. The molecule has 0 saturated heterocycles. The van der Waals surface area contributed by atoms with E-state index in [9.17, 15) is 14.7 Å². The van der Waals surface area contributed by atoms with E-state index in [0.29, 0.717) is 41.4 Å². The van der Waals surface area contributed by atoms with Gasteiger partial charge in [-0.05, 0) is 31.9 Å². The number of amides is 1. The summed E-state index contributed by atoms with van der Waals surface area (Å²) in [5, 5.41) is 23.1. The third-order valence-corrected chi connectivity index (χ3v) is 5.07. The van der Waals surface area contributed by atoms with Crippen molar-refractivity contribution in [1.82, 2.24) is 24.5 Å². The second-order valence-corrected chi connectivity index (χ2v) is 7.61. The molecule has 0 aliphatic heterocycles.